The highest BCUT2D eigenvalue weighted by Gasteiger charge is 2.25. The van der Waals surface area contributed by atoms with E-state index in [2.05, 4.69) is 11.9 Å². The van der Waals surface area contributed by atoms with Crippen LogP contribution in [0.25, 0.3) is 0 Å². The molecule has 1 aromatic rings. The number of aliphatic hydroxyl groups excluding tert-OH is 1. The number of hydrogen-bond acceptors (Lipinski definition) is 3. The minimum atomic E-state index is -0.419. The average molecular weight is 277 g/mol. The van der Waals surface area contributed by atoms with Crippen LogP contribution in [-0.4, -0.2) is 29.8 Å². The predicted molar refractivity (Wildman–Crippen MR) is 80.0 cm³/mol. The van der Waals surface area contributed by atoms with Crippen LogP contribution in [0.2, 0.25) is 0 Å². The van der Waals surface area contributed by atoms with Crippen LogP contribution in [0, 0.1) is 0 Å². The van der Waals surface area contributed by atoms with Crippen LogP contribution >= 0.6 is 0 Å². The van der Waals surface area contributed by atoms with Crippen molar-refractivity contribution in [2.24, 2.45) is 0 Å². The van der Waals surface area contributed by atoms with Gasteiger partial charge in [-0.15, -0.1) is 0 Å². The molecule has 0 aliphatic carbocycles. The maximum atomic E-state index is 12.4. The van der Waals surface area contributed by atoms with Gasteiger partial charge in [0.1, 0.15) is 12.4 Å². The van der Waals surface area contributed by atoms with Crippen molar-refractivity contribution in [3.8, 4) is 5.75 Å². The molecule has 0 aromatic heterocycles. The van der Waals surface area contributed by atoms with Crippen LogP contribution in [0.15, 0.2) is 36.9 Å². The van der Waals surface area contributed by atoms with Crippen molar-refractivity contribution in [3.05, 3.63) is 42.5 Å². The standard InChI is InChI=1S/C16H23NO3/c1-4-12-20-14-9-7-6-8-13(14)15(19)17-16(3,5-2)10-11-18/h4,6-9,18H,1,5,10-12H2,2-3H3,(H,17,19). The summed E-state index contributed by atoms with van der Waals surface area (Å²) in [5.41, 5.74) is 0.0733. The molecule has 1 rings (SSSR count). The van der Waals surface area contributed by atoms with E-state index >= 15 is 0 Å². The maximum absolute atomic E-state index is 12.4. The summed E-state index contributed by atoms with van der Waals surface area (Å²) in [6.45, 7) is 7.90. The molecule has 0 radical (unpaired) electrons. The van der Waals surface area contributed by atoms with Crippen molar-refractivity contribution in [1.82, 2.24) is 5.32 Å². The molecule has 0 saturated heterocycles. The summed E-state index contributed by atoms with van der Waals surface area (Å²) in [7, 11) is 0. The Kier molecular flexibility index (Phi) is 6.25. The summed E-state index contributed by atoms with van der Waals surface area (Å²) in [5, 5.41) is 12.1. The van der Waals surface area contributed by atoms with E-state index in [0.29, 0.717) is 24.3 Å². The van der Waals surface area contributed by atoms with E-state index in [-0.39, 0.29) is 12.5 Å². The Morgan fingerprint density at radius 3 is 2.80 bits per heavy atom. The van der Waals surface area contributed by atoms with Gasteiger partial charge in [-0.1, -0.05) is 31.7 Å². The van der Waals surface area contributed by atoms with E-state index in [1.165, 1.54) is 0 Å². The molecule has 1 aromatic carbocycles. The molecule has 0 aliphatic heterocycles. The predicted octanol–water partition coefficient (Wildman–Crippen LogP) is 2.53. The van der Waals surface area contributed by atoms with Crippen molar-refractivity contribution in [1.29, 1.82) is 0 Å². The summed E-state index contributed by atoms with van der Waals surface area (Å²) < 4.78 is 5.49. The van der Waals surface area contributed by atoms with Gasteiger partial charge in [0.05, 0.1) is 5.56 Å². The van der Waals surface area contributed by atoms with Gasteiger partial charge in [-0.2, -0.15) is 0 Å². The molecule has 20 heavy (non-hydrogen) atoms. The van der Waals surface area contributed by atoms with Crippen molar-refractivity contribution in [2.45, 2.75) is 32.2 Å². The van der Waals surface area contributed by atoms with E-state index in [4.69, 9.17) is 9.84 Å². The van der Waals surface area contributed by atoms with Crippen LogP contribution in [0.3, 0.4) is 0 Å². The number of benzene rings is 1. The zero-order chi connectivity index (χ0) is 15.0. The molecule has 0 fully saturated rings. The first-order chi connectivity index (χ1) is 9.56. The van der Waals surface area contributed by atoms with E-state index in [1.54, 1.807) is 24.3 Å². The molecule has 1 atom stereocenters. The third kappa shape index (κ3) is 4.38. The Bertz CT molecular complexity index is 459. The van der Waals surface area contributed by atoms with Crippen molar-refractivity contribution in [3.63, 3.8) is 0 Å². The first-order valence-corrected chi connectivity index (χ1v) is 6.82. The molecule has 4 nitrogen and oxygen atoms in total. The Hall–Kier alpha value is -1.81. The molecule has 1 unspecified atom stereocenters. The SMILES string of the molecule is C=CCOc1ccccc1C(=O)NC(C)(CC)CCO. The van der Waals surface area contributed by atoms with Crippen LogP contribution in [0.5, 0.6) is 5.75 Å². The fourth-order valence-electron chi connectivity index (χ4n) is 1.84. The van der Waals surface area contributed by atoms with Crippen LogP contribution < -0.4 is 10.1 Å². The van der Waals surface area contributed by atoms with Gasteiger partial charge >= 0.3 is 0 Å². The molecule has 110 valence electrons. The lowest BCUT2D eigenvalue weighted by atomic mass is 9.94. The molecule has 0 bridgehead atoms. The van der Waals surface area contributed by atoms with Crippen molar-refractivity contribution < 1.29 is 14.6 Å². The number of carbonyl (C=O) groups excluding carboxylic acids is 1. The lowest BCUT2D eigenvalue weighted by molar-refractivity contribution is 0.0882. The molecular weight excluding hydrogens is 254 g/mol. The highest BCUT2D eigenvalue weighted by atomic mass is 16.5. The summed E-state index contributed by atoms with van der Waals surface area (Å²) in [5.74, 6) is 0.342. The molecule has 0 spiro atoms. The number of nitrogens with one attached hydrogen (secondary N) is 1. The van der Waals surface area contributed by atoms with Gasteiger partial charge in [0.25, 0.3) is 5.91 Å². The van der Waals surface area contributed by atoms with Crippen LogP contribution in [0.1, 0.15) is 37.0 Å². The zero-order valence-corrected chi connectivity index (χ0v) is 12.2. The minimum Gasteiger partial charge on any atom is -0.489 e. The van der Waals surface area contributed by atoms with Crippen LogP contribution in [-0.2, 0) is 0 Å². The third-order valence-corrected chi connectivity index (χ3v) is 3.35. The second-order valence-electron chi connectivity index (χ2n) is 4.94. The lowest BCUT2D eigenvalue weighted by Crippen LogP contribution is -2.46. The number of hydrogen-bond donors (Lipinski definition) is 2. The Morgan fingerprint density at radius 1 is 1.50 bits per heavy atom. The van der Waals surface area contributed by atoms with Crippen molar-refractivity contribution in [2.75, 3.05) is 13.2 Å². The second-order valence-corrected chi connectivity index (χ2v) is 4.94. The largest absolute Gasteiger partial charge is 0.489 e. The minimum absolute atomic E-state index is 0.0409. The molecular formula is C16H23NO3. The highest BCUT2D eigenvalue weighted by molar-refractivity contribution is 5.97. The molecule has 0 saturated carbocycles. The van der Waals surface area contributed by atoms with Gasteiger partial charge < -0.3 is 15.2 Å². The quantitative estimate of drug-likeness (QED) is 0.718. The van der Waals surface area contributed by atoms with Gasteiger partial charge in [0, 0.05) is 12.1 Å². The molecule has 4 heteroatoms. The normalized spacial score (nSPS) is 13.3. The van der Waals surface area contributed by atoms with Gasteiger partial charge in [-0.25, -0.2) is 0 Å². The smallest absolute Gasteiger partial charge is 0.255 e. The molecule has 0 heterocycles. The number of carbonyl (C=O) groups is 1. The highest BCUT2D eigenvalue weighted by Crippen LogP contribution is 2.21. The zero-order valence-electron chi connectivity index (χ0n) is 12.2. The monoisotopic (exact) mass is 277 g/mol. The van der Waals surface area contributed by atoms with Crippen molar-refractivity contribution >= 4 is 5.91 Å². The number of rotatable bonds is 8. The summed E-state index contributed by atoms with van der Waals surface area (Å²) >= 11 is 0. The fourth-order valence-corrected chi connectivity index (χ4v) is 1.84. The number of para-hydroxylation sites is 1. The first-order valence-electron chi connectivity index (χ1n) is 6.82. The lowest BCUT2D eigenvalue weighted by Gasteiger charge is -2.29. The molecule has 2 N–H and O–H groups in total. The summed E-state index contributed by atoms with van der Waals surface area (Å²) in [4.78, 5) is 12.4. The van der Waals surface area contributed by atoms with Gasteiger partial charge in [-0.3, -0.25) is 4.79 Å². The Morgan fingerprint density at radius 2 is 2.20 bits per heavy atom. The molecule has 0 aliphatic rings. The first kappa shape index (κ1) is 16.2. The second kappa shape index (κ2) is 7.70. The van der Waals surface area contributed by atoms with E-state index in [0.717, 1.165) is 6.42 Å². The maximum Gasteiger partial charge on any atom is 0.255 e. The molecule has 1 amide bonds. The average Bonchev–Trinajstić information content (AvgIpc) is 2.45. The van der Waals surface area contributed by atoms with Gasteiger partial charge in [0.2, 0.25) is 0 Å². The topological polar surface area (TPSA) is 58.6 Å². The Balaban J connectivity index is 2.88. The number of aliphatic hydroxyl groups is 1. The summed E-state index contributed by atoms with van der Waals surface area (Å²) in [6.07, 6.45) is 2.90. The summed E-state index contributed by atoms with van der Waals surface area (Å²) in [6, 6.07) is 7.10. The van der Waals surface area contributed by atoms with E-state index in [1.807, 2.05) is 19.9 Å². The van der Waals surface area contributed by atoms with Crippen LogP contribution in [0.4, 0.5) is 0 Å². The van der Waals surface area contributed by atoms with E-state index in [9.17, 15) is 4.79 Å². The van der Waals surface area contributed by atoms with Gasteiger partial charge in [0.15, 0.2) is 0 Å². The number of amides is 1. The number of ether oxygens (including phenoxy) is 1. The third-order valence-electron chi connectivity index (χ3n) is 3.35. The van der Waals surface area contributed by atoms with Gasteiger partial charge in [-0.05, 0) is 31.9 Å². The Labute approximate surface area is 120 Å². The van der Waals surface area contributed by atoms with E-state index < -0.39 is 5.54 Å². The fraction of sp³-hybridized carbons (Fsp3) is 0.438.